The largest absolute Gasteiger partial charge is 0.453 e. The van der Waals surface area contributed by atoms with E-state index in [9.17, 15) is 14.4 Å². The Morgan fingerprint density at radius 2 is 2.00 bits per heavy atom. The highest BCUT2D eigenvalue weighted by Gasteiger charge is 2.25. The first kappa shape index (κ1) is 17.1. The Kier molecular flexibility index (Phi) is 5.11. The lowest BCUT2D eigenvalue weighted by Crippen LogP contribution is -2.38. The number of esters is 1. The molecule has 7 heteroatoms. The van der Waals surface area contributed by atoms with Crippen molar-refractivity contribution in [3.63, 3.8) is 0 Å². The molecular formula is C18H21N3O4. The number of carbonyl (C=O) groups excluding carboxylic acids is 2. The van der Waals surface area contributed by atoms with Crippen LogP contribution in [0.1, 0.15) is 32.0 Å². The molecule has 1 aliphatic heterocycles. The molecule has 0 unspecified atom stereocenters. The minimum atomic E-state index is -0.783. The molecule has 132 valence electrons. The number of carbonyl (C=O) groups is 2. The fraction of sp³-hybridized carbons (Fsp3) is 0.444. The van der Waals surface area contributed by atoms with E-state index in [0.29, 0.717) is 16.7 Å². The molecule has 1 saturated heterocycles. The van der Waals surface area contributed by atoms with Gasteiger partial charge >= 0.3 is 5.97 Å². The number of hydrogen-bond donors (Lipinski definition) is 1. The number of H-pyrrole nitrogens is 1. The van der Waals surface area contributed by atoms with Crippen molar-refractivity contribution in [1.82, 2.24) is 14.9 Å². The highest BCUT2D eigenvalue weighted by Crippen LogP contribution is 2.11. The maximum absolute atomic E-state index is 12.1. The molecule has 0 radical (unpaired) electrons. The van der Waals surface area contributed by atoms with Gasteiger partial charge in [-0.15, -0.1) is 0 Å². The summed E-state index contributed by atoms with van der Waals surface area (Å²) in [6.07, 6.45) is 1.51. The molecule has 0 aliphatic carbocycles. The van der Waals surface area contributed by atoms with E-state index in [1.807, 2.05) is 0 Å². The van der Waals surface area contributed by atoms with E-state index < -0.39 is 12.1 Å². The average Bonchev–Trinajstić information content (AvgIpc) is 3.14. The van der Waals surface area contributed by atoms with Crippen molar-refractivity contribution in [3.8, 4) is 0 Å². The number of para-hydroxylation sites is 1. The normalized spacial score (nSPS) is 15.3. The van der Waals surface area contributed by atoms with Crippen LogP contribution >= 0.6 is 0 Å². The highest BCUT2D eigenvalue weighted by molar-refractivity contribution is 5.83. The Morgan fingerprint density at radius 1 is 1.28 bits per heavy atom. The molecule has 2 heterocycles. The first-order valence-electron chi connectivity index (χ1n) is 8.51. The number of likely N-dealkylation sites (tertiary alicyclic amines) is 1. The summed E-state index contributed by atoms with van der Waals surface area (Å²) in [6.45, 7) is 3.04. The predicted octanol–water partition coefficient (Wildman–Crippen LogP) is 1.41. The second-order valence-electron chi connectivity index (χ2n) is 6.19. The van der Waals surface area contributed by atoms with E-state index in [-0.39, 0.29) is 24.3 Å². The van der Waals surface area contributed by atoms with Crippen molar-refractivity contribution in [3.05, 3.63) is 40.4 Å². The number of benzene rings is 1. The third kappa shape index (κ3) is 4.04. The van der Waals surface area contributed by atoms with Gasteiger partial charge in [-0.25, -0.2) is 4.98 Å². The standard InChI is InChI=1S/C18H21N3O4/c1-12(18(24)21-10-4-5-11-21)25-16(22)9-8-15-19-14-7-3-2-6-13(14)17(23)20-15/h2-3,6-7,12H,4-5,8-11H2,1H3,(H,19,20,23)/t12-/m1/s1. The minimum absolute atomic E-state index is 0.0545. The summed E-state index contributed by atoms with van der Waals surface area (Å²) in [6, 6.07) is 7.03. The predicted molar refractivity (Wildman–Crippen MR) is 92.1 cm³/mol. The van der Waals surface area contributed by atoms with Gasteiger partial charge in [-0.05, 0) is 31.9 Å². The fourth-order valence-electron chi connectivity index (χ4n) is 2.97. The molecule has 1 aromatic carbocycles. The number of fused-ring (bicyclic) bond motifs is 1. The van der Waals surface area contributed by atoms with E-state index in [1.54, 1.807) is 36.1 Å². The second kappa shape index (κ2) is 7.46. The smallest absolute Gasteiger partial charge is 0.307 e. The summed E-state index contributed by atoms with van der Waals surface area (Å²) in [5.74, 6) is -0.196. The topological polar surface area (TPSA) is 92.4 Å². The fourth-order valence-corrected chi connectivity index (χ4v) is 2.97. The number of hydrogen-bond acceptors (Lipinski definition) is 5. The van der Waals surface area contributed by atoms with E-state index in [2.05, 4.69) is 9.97 Å². The van der Waals surface area contributed by atoms with Crippen LogP contribution in [0.2, 0.25) is 0 Å². The molecule has 25 heavy (non-hydrogen) atoms. The summed E-state index contributed by atoms with van der Waals surface area (Å²) in [5, 5.41) is 0.513. The van der Waals surface area contributed by atoms with Gasteiger partial charge in [0.25, 0.3) is 11.5 Å². The molecule has 1 aliphatic rings. The van der Waals surface area contributed by atoms with Crippen molar-refractivity contribution >= 4 is 22.8 Å². The summed E-state index contributed by atoms with van der Waals surface area (Å²) in [4.78, 5) is 44.9. The van der Waals surface area contributed by atoms with Crippen LogP contribution in [0.4, 0.5) is 0 Å². The molecule has 2 aromatic rings. The van der Waals surface area contributed by atoms with E-state index in [0.717, 1.165) is 25.9 Å². The Labute approximate surface area is 145 Å². The Hall–Kier alpha value is -2.70. The summed E-state index contributed by atoms with van der Waals surface area (Å²) in [5.41, 5.74) is 0.360. The number of aryl methyl sites for hydroxylation is 1. The number of amides is 1. The molecule has 0 bridgehead atoms. The van der Waals surface area contributed by atoms with Gasteiger partial charge in [0.05, 0.1) is 17.3 Å². The number of rotatable bonds is 5. The number of aromatic amines is 1. The zero-order valence-corrected chi connectivity index (χ0v) is 14.2. The third-order valence-electron chi connectivity index (χ3n) is 4.30. The molecule has 1 amide bonds. The first-order valence-corrected chi connectivity index (χ1v) is 8.51. The van der Waals surface area contributed by atoms with Crippen LogP contribution in [-0.4, -0.2) is 45.9 Å². The molecular weight excluding hydrogens is 322 g/mol. The molecule has 0 spiro atoms. The molecule has 3 rings (SSSR count). The lowest BCUT2D eigenvalue weighted by Gasteiger charge is -2.20. The van der Waals surface area contributed by atoms with E-state index >= 15 is 0 Å². The minimum Gasteiger partial charge on any atom is -0.453 e. The SMILES string of the molecule is C[C@@H](OC(=O)CCc1nc2ccccc2c(=O)[nH]1)C(=O)N1CCCC1. The van der Waals surface area contributed by atoms with Gasteiger partial charge in [-0.1, -0.05) is 12.1 Å². The lowest BCUT2D eigenvalue weighted by molar-refractivity contribution is -0.158. The van der Waals surface area contributed by atoms with Crippen LogP contribution in [0.3, 0.4) is 0 Å². The first-order chi connectivity index (χ1) is 12.0. The summed E-state index contributed by atoms with van der Waals surface area (Å²) >= 11 is 0. The maximum Gasteiger partial charge on any atom is 0.307 e. The van der Waals surface area contributed by atoms with Crippen molar-refractivity contribution < 1.29 is 14.3 Å². The average molecular weight is 343 g/mol. The van der Waals surface area contributed by atoms with Crippen molar-refractivity contribution in [2.75, 3.05) is 13.1 Å². The second-order valence-corrected chi connectivity index (χ2v) is 6.19. The van der Waals surface area contributed by atoms with E-state index in [4.69, 9.17) is 4.74 Å². The summed E-state index contributed by atoms with van der Waals surface area (Å²) < 4.78 is 5.21. The molecule has 7 nitrogen and oxygen atoms in total. The van der Waals surface area contributed by atoms with Crippen molar-refractivity contribution in [2.24, 2.45) is 0 Å². The quantitative estimate of drug-likeness (QED) is 0.829. The third-order valence-corrected chi connectivity index (χ3v) is 4.30. The Morgan fingerprint density at radius 3 is 2.76 bits per heavy atom. The zero-order valence-electron chi connectivity index (χ0n) is 14.2. The van der Waals surface area contributed by atoms with Gasteiger partial charge in [0, 0.05) is 19.5 Å². The van der Waals surface area contributed by atoms with Gasteiger partial charge in [-0.3, -0.25) is 14.4 Å². The number of ether oxygens (including phenoxy) is 1. The molecule has 1 atom stereocenters. The van der Waals surface area contributed by atoms with Crippen LogP contribution in [0.5, 0.6) is 0 Å². The van der Waals surface area contributed by atoms with Crippen molar-refractivity contribution in [1.29, 1.82) is 0 Å². The molecule has 1 aromatic heterocycles. The van der Waals surface area contributed by atoms with E-state index in [1.165, 1.54) is 0 Å². The van der Waals surface area contributed by atoms with Gasteiger partial charge in [-0.2, -0.15) is 0 Å². The van der Waals surface area contributed by atoms with Crippen LogP contribution in [0.25, 0.3) is 10.9 Å². The highest BCUT2D eigenvalue weighted by atomic mass is 16.5. The molecule has 1 fully saturated rings. The number of aromatic nitrogens is 2. The van der Waals surface area contributed by atoms with Crippen LogP contribution in [-0.2, 0) is 20.7 Å². The van der Waals surface area contributed by atoms with Gasteiger partial charge in [0.2, 0.25) is 0 Å². The number of nitrogens with zero attached hydrogens (tertiary/aromatic N) is 2. The monoisotopic (exact) mass is 343 g/mol. The van der Waals surface area contributed by atoms with Gasteiger partial charge in [0.1, 0.15) is 5.82 Å². The van der Waals surface area contributed by atoms with Gasteiger partial charge < -0.3 is 14.6 Å². The summed E-state index contributed by atoms with van der Waals surface area (Å²) in [7, 11) is 0. The Balaban J connectivity index is 1.57. The lowest BCUT2D eigenvalue weighted by atomic mass is 10.2. The van der Waals surface area contributed by atoms with Gasteiger partial charge in [0.15, 0.2) is 6.10 Å². The zero-order chi connectivity index (χ0) is 17.8. The van der Waals surface area contributed by atoms with Crippen LogP contribution in [0, 0.1) is 0 Å². The Bertz CT molecular complexity index is 840. The van der Waals surface area contributed by atoms with Crippen molar-refractivity contribution in [2.45, 2.75) is 38.7 Å². The van der Waals surface area contributed by atoms with Crippen LogP contribution in [0.15, 0.2) is 29.1 Å². The number of nitrogens with one attached hydrogen (secondary N) is 1. The van der Waals surface area contributed by atoms with Crippen LogP contribution < -0.4 is 5.56 Å². The molecule has 1 N–H and O–H groups in total. The maximum atomic E-state index is 12.1. The molecule has 0 saturated carbocycles.